The monoisotopic (exact) mass is 508 g/mol. The zero-order valence-corrected chi connectivity index (χ0v) is 19.9. The standard InChI is InChI=1S/C22H25BrN2O5S/c1-29-20-8-6-18(13-21(20)30-2)31(27,28)24-10-3-4-16(14-24)22(26)25-11-9-15-12-17(23)5-7-19(15)25/h5-8,12-13,16H,3-4,9-11,14H2,1-2H3/t16-/m1/s1. The first-order chi connectivity index (χ1) is 14.8. The van der Waals surface area contributed by atoms with Gasteiger partial charge in [0.05, 0.1) is 25.0 Å². The van der Waals surface area contributed by atoms with Crippen LogP contribution in [-0.4, -0.2) is 52.5 Å². The molecule has 9 heteroatoms. The first-order valence-corrected chi connectivity index (χ1v) is 12.4. The number of halogens is 1. The smallest absolute Gasteiger partial charge is 0.243 e. The topological polar surface area (TPSA) is 76.2 Å². The van der Waals surface area contributed by atoms with Gasteiger partial charge in [0, 0.05) is 35.9 Å². The summed E-state index contributed by atoms with van der Waals surface area (Å²) in [6, 6.07) is 10.5. The average molecular weight is 509 g/mol. The van der Waals surface area contributed by atoms with Crippen LogP contribution in [0.3, 0.4) is 0 Å². The first-order valence-electron chi connectivity index (χ1n) is 10.2. The summed E-state index contributed by atoms with van der Waals surface area (Å²) in [5.41, 5.74) is 2.06. The number of sulfonamides is 1. The first kappa shape index (κ1) is 22.1. The van der Waals surface area contributed by atoms with Gasteiger partial charge in [0.1, 0.15) is 0 Å². The molecule has 0 N–H and O–H groups in total. The number of piperidine rings is 1. The Morgan fingerprint density at radius 1 is 1.06 bits per heavy atom. The van der Waals surface area contributed by atoms with Gasteiger partial charge in [0.15, 0.2) is 11.5 Å². The molecule has 0 radical (unpaired) electrons. The Hall–Kier alpha value is -2.10. The zero-order chi connectivity index (χ0) is 22.2. The number of hydrogen-bond acceptors (Lipinski definition) is 5. The van der Waals surface area contributed by atoms with E-state index in [9.17, 15) is 13.2 Å². The lowest BCUT2D eigenvalue weighted by molar-refractivity contribution is -0.123. The molecular weight excluding hydrogens is 484 g/mol. The zero-order valence-electron chi connectivity index (χ0n) is 17.5. The summed E-state index contributed by atoms with van der Waals surface area (Å²) in [5, 5.41) is 0. The summed E-state index contributed by atoms with van der Waals surface area (Å²) in [6.07, 6.45) is 2.13. The number of ether oxygens (including phenoxy) is 2. The highest BCUT2D eigenvalue weighted by Gasteiger charge is 2.37. The van der Waals surface area contributed by atoms with Crippen LogP contribution in [0.5, 0.6) is 11.5 Å². The molecule has 0 aliphatic carbocycles. The minimum absolute atomic E-state index is 0.00622. The number of hydrogen-bond donors (Lipinski definition) is 0. The van der Waals surface area contributed by atoms with Gasteiger partial charge in [-0.1, -0.05) is 15.9 Å². The van der Waals surface area contributed by atoms with Crippen LogP contribution in [0.2, 0.25) is 0 Å². The van der Waals surface area contributed by atoms with E-state index in [0.29, 0.717) is 37.4 Å². The second kappa shape index (κ2) is 8.80. The van der Waals surface area contributed by atoms with Crippen molar-refractivity contribution in [1.82, 2.24) is 4.31 Å². The maximum Gasteiger partial charge on any atom is 0.243 e. The van der Waals surface area contributed by atoms with E-state index in [1.54, 1.807) is 11.0 Å². The lowest BCUT2D eigenvalue weighted by atomic mass is 9.98. The molecule has 1 atom stereocenters. The Labute approximate surface area is 191 Å². The Balaban J connectivity index is 1.54. The molecule has 0 bridgehead atoms. The van der Waals surface area contributed by atoms with Crippen LogP contribution in [-0.2, 0) is 21.2 Å². The van der Waals surface area contributed by atoms with Crippen molar-refractivity contribution in [1.29, 1.82) is 0 Å². The molecule has 0 saturated carbocycles. The molecule has 1 saturated heterocycles. The number of nitrogens with zero attached hydrogens (tertiary/aromatic N) is 2. The van der Waals surface area contributed by atoms with Gasteiger partial charge < -0.3 is 14.4 Å². The number of benzene rings is 2. The van der Waals surface area contributed by atoms with Gasteiger partial charge in [-0.3, -0.25) is 4.79 Å². The summed E-state index contributed by atoms with van der Waals surface area (Å²) in [5.74, 6) is 0.451. The highest BCUT2D eigenvalue weighted by molar-refractivity contribution is 9.10. The Kier molecular flexibility index (Phi) is 6.27. The van der Waals surface area contributed by atoms with Gasteiger partial charge in [-0.05, 0) is 55.2 Å². The van der Waals surface area contributed by atoms with E-state index in [1.807, 2.05) is 18.2 Å². The molecule has 2 aromatic rings. The summed E-state index contributed by atoms with van der Waals surface area (Å²) < 4.78 is 39.4. The molecule has 2 aromatic carbocycles. The molecule has 166 valence electrons. The maximum absolute atomic E-state index is 13.3. The molecule has 4 rings (SSSR count). The number of carbonyl (C=O) groups excluding carboxylic acids is 1. The fourth-order valence-electron chi connectivity index (χ4n) is 4.31. The van der Waals surface area contributed by atoms with Crippen LogP contribution in [0, 0.1) is 5.92 Å². The molecule has 0 unspecified atom stereocenters. The number of fused-ring (bicyclic) bond motifs is 1. The van der Waals surface area contributed by atoms with E-state index in [0.717, 1.165) is 22.1 Å². The van der Waals surface area contributed by atoms with Gasteiger partial charge in [-0.25, -0.2) is 8.42 Å². The van der Waals surface area contributed by atoms with Crippen molar-refractivity contribution in [2.45, 2.75) is 24.2 Å². The minimum Gasteiger partial charge on any atom is -0.493 e. The average Bonchev–Trinajstić information content (AvgIpc) is 3.21. The summed E-state index contributed by atoms with van der Waals surface area (Å²) in [6.45, 7) is 1.20. The molecule has 1 amide bonds. The second-order valence-corrected chi connectivity index (χ2v) is 10.6. The second-order valence-electron chi connectivity index (χ2n) is 7.73. The van der Waals surface area contributed by atoms with Gasteiger partial charge in [-0.15, -0.1) is 0 Å². The van der Waals surface area contributed by atoms with Crippen molar-refractivity contribution < 1.29 is 22.7 Å². The number of carbonyl (C=O) groups is 1. The summed E-state index contributed by atoms with van der Waals surface area (Å²) in [4.78, 5) is 15.2. The largest absolute Gasteiger partial charge is 0.493 e. The molecule has 2 aliphatic rings. The summed E-state index contributed by atoms with van der Waals surface area (Å²) >= 11 is 3.48. The molecule has 2 aliphatic heterocycles. The van der Waals surface area contributed by atoms with Gasteiger partial charge in [-0.2, -0.15) is 4.31 Å². The van der Waals surface area contributed by atoms with E-state index in [1.165, 1.54) is 30.7 Å². The maximum atomic E-state index is 13.3. The Morgan fingerprint density at radius 2 is 1.84 bits per heavy atom. The summed E-state index contributed by atoms with van der Waals surface area (Å²) in [7, 11) is -0.784. The van der Waals surface area contributed by atoms with E-state index >= 15 is 0 Å². The number of methoxy groups -OCH3 is 2. The quantitative estimate of drug-likeness (QED) is 0.617. The minimum atomic E-state index is -3.75. The van der Waals surface area contributed by atoms with Crippen molar-refractivity contribution >= 4 is 37.5 Å². The van der Waals surface area contributed by atoms with Gasteiger partial charge in [0.25, 0.3) is 0 Å². The fraction of sp³-hybridized carbons (Fsp3) is 0.409. The van der Waals surface area contributed by atoms with Crippen molar-refractivity contribution in [3.05, 3.63) is 46.4 Å². The van der Waals surface area contributed by atoms with Gasteiger partial charge >= 0.3 is 0 Å². The molecule has 2 heterocycles. The molecule has 0 aromatic heterocycles. The third-order valence-corrected chi connectivity index (χ3v) is 8.28. The van der Waals surface area contributed by atoms with Crippen molar-refractivity contribution in [2.75, 3.05) is 38.8 Å². The Morgan fingerprint density at radius 3 is 2.58 bits per heavy atom. The fourth-order valence-corrected chi connectivity index (χ4v) is 6.26. The van der Waals surface area contributed by atoms with Gasteiger partial charge in [0.2, 0.25) is 15.9 Å². The van der Waals surface area contributed by atoms with E-state index < -0.39 is 10.0 Å². The highest BCUT2D eigenvalue weighted by Crippen LogP contribution is 2.35. The number of anilines is 1. The van der Waals surface area contributed by atoms with Crippen molar-refractivity contribution in [3.63, 3.8) is 0 Å². The van der Waals surface area contributed by atoms with Crippen LogP contribution in [0.4, 0.5) is 5.69 Å². The van der Waals surface area contributed by atoms with Crippen LogP contribution in [0.15, 0.2) is 45.8 Å². The van der Waals surface area contributed by atoms with Crippen LogP contribution < -0.4 is 14.4 Å². The van der Waals surface area contributed by atoms with Crippen LogP contribution in [0.1, 0.15) is 18.4 Å². The van der Waals surface area contributed by atoms with E-state index in [2.05, 4.69) is 15.9 Å². The third kappa shape index (κ3) is 4.18. The number of rotatable bonds is 5. The molecule has 0 spiro atoms. The molecule has 1 fully saturated rings. The van der Waals surface area contributed by atoms with Crippen molar-refractivity contribution in [2.24, 2.45) is 5.92 Å². The highest BCUT2D eigenvalue weighted by atomic mass is 79.9. The van der Waals surface area contributed by atoms with E-state index in [-0.39, 0.29) is 23.3 Å². The lowest BCUT2D eigenvalue weighted by Gasteiger charge is -2.33. The lowest BCUT2D eigenvalue weighted by Crippen LogP contribution is -2.46. The van der Waals surface area contributed by atoms with E-state index in [4.69, 9.17) is 9.47 Å². The van der Waals surface area contributed by atoms with Crippen LogP contribution in [0.25, 0.3) is 0 Å². The molecule has 7 nitrogen and oxygen atoms in total. The predicted octanol–water partition coefficient (Wildman–Crippen LogP) is 3.46. The van der Waals surface area contributed by atoms with Crippen LogP contribution >= 0.6 is 15.9 Å². The normalized spacial score (nSPS) is 19.2. The Bertz CT molecular complexity index is 1110. The molecular formula is C22H25BrN2O5S. The number of amides is 1. The SMILES string of the molecule is COc1ccc(S(=O)(=O)N2CCC[C@@H](C(=O)N3CCc4cc(Br)ccc43)C2)cc1OC. The third-order valence-electron chi connectivity index (χ3n) is 5.93. The van der Waals surface area contributed by atoms with Crippen molar-refractivity contribution in [3.8, 4) is 11.5 Å². The predicted molar refractivity (Wildman–Crippen MR) is 121 cm³/mol. The molecule has 31 heavy (non-hydrogen) atoms.